The third kappa shape index (κ3) is 5.76. The number of nitrogens with zero attached hydrogens (tertiary/aromatic N) is 2. The largest absolute Gasteiger partial charge is 0.477 e. The maximum atomic E-state index is 14.0. The summed E-state index contributed by atoms with van der Waals surface area (Å²) in [6.45, 7) is 1.56. The molecule has 0 unspecified atom stereocenters. The number of halogens is 6. The van der Waals surface area contributed by atoms with Crippen molar-refractivity contribution in [3.8, 4) is 5.75 Å². The van der Waals surface area contributed by atoms with E-state index in [2.05, 4.69) is 9.73 Å². The Labute approximate surface area is 179 Å². The van der Waals surface area contributed by atoms with Gasteiger partial charge in [-0.3, -0.25) is 4.90 Å². The van der Waals surface area contributed by atoms with Gasteiger partial charge in [0.05, 0.1) is 6.61 Å². The van der Waals surface area contributed by atoms with E-state index in [1.165, 1.54) is 19.2 Å². The summed E-state index contributed by atoms with van der Waals surface area (Å²) in [7, 11) is 1.32. The molecule has 0 saturated heterocycles. The van der Waals surface area contributed by atoms with Gasteiger partial charge in [0, 0.05) is 12.7 Å². The fraction of sp³-hybridized carbons (Fsp3) is 0.263. The first kappa shape index (κ1) is 23.8. The first-order valence-corrected chi connectivity index (χ1v) is 9.32. The van der Waals surface area contributed by atoms with Gasteiger partial charge in [0.1, 0.15) is 22.9 Å². The van der Waals surface area contributed by atoms with E-state index in [9.17, 15) is 22.4 Å². The van der Waals surface area contributed by atoms with Gasteiger partial charge in [0.25, 0.3) is 0 Å². The zero-order valence-electron chi connectivity index (χ0n) is 15.7. The SMILES string of the molecule is CCOC(=NC(=O)N(C)c1ccc(OC(F)(F)C(Cl)Cl)cc1)c1c(F)cccc1F. The van der Waals surface area contributed by atoms with E-state index in [-0.39, 0.29) is 18.0 Å². The lowest BCUT2D eigenvalue weighted by molar-refractivity contribution is -0.163. The van der Waals surface area contributed by atoms with Crippen molar-refractivity contribution in [1.29, 1.82) is 0 Å². The van der Waals surface area contributed by atoms with Crippen LogP contribution in [0.4, 0.5) is 28.0 Å². The van der Waals surface area contributed by atoms with Crippen molar-refractivity contribution in [3.05, 3.63) is 59.7 Å². The summed E-state index contributed by atoms with van der Waals surface area (Å²) < 4.78 is 64.4. The monoisotopic (exact) mass is 466 g/mol. The zero-order valence-corrected chi connectivity index (χ0v) is 17.2. The topological polar surface area (TPSA) is 51.1 Å². The molecule has 0 spiro atoms. The van der Waals surface area contributed by atoms with Crippen LogP contribution in [0.3, 0.4) is 0 Å². The molecule has 2 rings (SSSR count). The van der Waals surface area contributed by atoms with Gasteiger partial charge in [0.15, 0.2) is 0 Å². The van der Waals surface area contributed by atoms with Gasteiger partial charge in [0.2, 0.25) is 10.7 Å². The minimum absolute atomic E-state index is 0.00594. The van der Waals surface area contributed by atoms with Crippen molar-refractivity contribution >= 4 is 40.8 Å². The van der Waals surface area contributed by atoms with Gasteiger partial charge < -0.3 is 9.47 Å². The van der Waals surface area contributed by atoms with Crippen molar-refractivity contribution in [2.24, 2.45) is 4.99 Å². The average Bonchev–Trinajstić information content (AvgIpc) is 2.67. The molecule has 0 radical (unpaired) electrons. The third-order valence-electron chi connectivity index (χ3n) is 3.67. The maximum Gasteiger partial charge on any atom is 0.428 e. The highest BCUT2D eigenvalue weighted by Gasteiger charge is 2.40. The normalized spacial score (nSPS) is 12.1. The van der Waals surface area contributed by atoms with E-state index in [1.54, 1.807) is 6.92 Å². The molecule has 0 fully saturated rings. The number of alkyl halides is 4. The minimum Gasteiger partial charge on any atom is -0.477 e. The first-order valence-electron chi connectivity index (χ1n) is 8.45. The second-order valence-electron chi connectivity index (χ2n) is 5.75. The molecule has 11 heteroatoms. The Morgan fingerprint density at radius 2 is 1.70 bits per heavy atom. The molecule has 2 aromatic carbocycles. The molecular formula is C19H16Cl2F4N2O3. The number of benzene rings is 2. The van der Waals surface area contributed by atoms with Crippen LogP contribution in [0.15, 0.2) is 47.5 Å². The molecule has 5 nitrogen and oxygen atoms in total. The van der Waals surface area contributed by atoms with Crippen LogP contribution in [-0.4, -0.2) is 36.5 Å². The maximum absolute atomic E-state index is 14.0. The van der Waals surface area contributed by atoms with Crippen LogP contribution in [0.5, 0.6) is 5.75 Å². The lowest BCUT2D eigenvalue weighted by Crippen LogP contribution is -2.32. The van der Waals surface area contributed by atoms with Crippen LogP contribution in [0.2, 0.25) is 0 Å². The van der Waals surface area contributed by atoms with Gasteiger partial charge in [-0.05, 0) is 43.3 Å². The van der Waals surface area contributed by atoms with Gasteiger partial charge in [-0.1, -0.05) is 29.3 Å². The highest BCUT2D eigenvalue weighted by atomic mass is 35.5. The highest BCUT2D eigenvalue weighted by molar-refractivity contribution is 6.44. The van der Waals surface area contributed by atoms with Crippen molar-refractivity contribution in [3.63, 3.8) is 0 Å². The quantitative estimate of drug-likeness (QED) is 0.234. The summed E-state index contributed by atoms with van der Waals surface area (Å²) in [5.74, 6) is -2.67. The third-order valence-corrected chi connectivity index (χ3v) is 4.18. The molecule has 0 N–H and O–H groups in total. The number of anilines is 1. The molecule has 162 valence electrons. The van der Waals surface area contributed by atoms with Crippen LogP contribution >= 0.6 is 23.2 Å². The Morgan fingerprint density at radius 1 is 1.13 bits per heavy atom. The van der Waals surface area contributed by atoms with Crippen molar-refractivity contribution < 1.29 is 31.8 Å². The molecule has 0 bridgehead atoms. The number of carbonyl (C=O) groups excluding carboxylic acids is 1. The molecule has 2 aromatic rings. The lowest BCUT2D eigenvalue weighted by Gasteiger charge is -2.20. The molecular weight excluding hydrogens is 451 g/mol. The summed E-state index contributed by atoms with van der Waals surface area (Å²) in [5, 5.41) is 0. The highest BCUT2D eigenvalue weighted by Crippen LogP contribution is 2.31. The number of rotatable bonds is 6. The van der Waals surface area contributed by atoms with Crippen LogP contribution in [0, 0.1) is 11.6 Å². The number of hydrogen-bond donors (Lipinski definition) is 0. The van der Waals surface area contributed by atoms with Crippen LogP contribution in [-0.2, 0) is 4.74 Å². The Kier molecular flexibility index (Phi) is 7.91. The second kappa shape index (κ2) is 9.99. The van der Waals surface area contributed by atoms with Crippen LogP contribution in [0.25, 0.3) is 0 Å². The molecule has 0 aromatic heterocycles. The fourth-order valence-corrected chi connectivity index (χ4v) is 2.30. The summed E-state index contributed by atoms with van der Waals surface area (Å²) in [6, 6.07) is 7.15. The van der Waals surface area contributed by atoms with E-state index in [0.29, 0.717) is 0 Å². The number of hydrogen-bond acceptors (Lipinski definition) is 3. The van der Waals surface area contributed by atoms with Gasteiger partial charge in [-0.15, -0.1) is 0 Å². The Morgan fingerprint density at radius 3 is 2.20 bits per heavy atom. The van der Waals surface area contributed by atoms with E-state index < -0.39 is 40.1 Å². The number of ether oxygens (including phenoxy) is 2. The summed E-state index contributed by atoms with van der Waals surface area (Å²) in [5.41, 5.74) is -0.346. The Bertz CT molecular complexity index is 904. The van der Waals surface area contributed by atoms with Crippen LogP contribution in [0.1, 0.15) is 12.5 Å². The lowest BCUT2D eigenvalue weighted by atomic mass is 10.2. The number of urea groups is 1. The molecule has 2 amide bonds. The smallest absolute Gasteiger partial charge is 0.428 e. The van der Waals surface area contributed by atoms with Gasteiger partial charge in [-0.25, -0.2) is 13.6 Å². The van der Waals surface area contributed by atoms with Crippen molar-refractivity contribution in [1.82, 2.24) is 0 Å². The summed E-state index contributed by atoms with van der Waals surface area (Å²) in [4.78, 5) is 15.1. The predicted molar refractivity (Wildman–Crippen MR) is 106 cm³/mol. The Balaban J connectivity index is 2.25. The molecule has 0 aliphatic carbocycles. The molecule has 30 heavy (non-hydrogen) atoms. The van der Waals surface area contributed by atoms with Crippen LogP contribution < -0.4 is 9.64 Å². The van der Waals surface area contributed by atoms with Crippen molar-refractivity contribution in [2.45, 2.75) is 17.9 Å². The van der Waals surface area contributed by atoms with Gasteiger partial charge in [-0.2, -0.15) is 13.8 Å². The summed E-state index contributed by atoms with van der Waals surface area (Å²) >= 11 is 10.3. The average molecular weight is 467 g/mol. The number of carbonyl (C=O) groups is 1. The zero-order chi connectivity index (χ0) is 22.5. The fourth-order valence-electron chi connectivity index (χ4n) is 2.21. The second-order valence-corrected chi connectivity index (χ2v) is 6.84. The molecule has 0 aliphatic heterocycles. The first-order chi connectivity index (χ1) is 14.1. The van der Waals surface area contributed by atoms with E-state index in [4.69, 9.17) is 27.9 Å². The molecule has 0 heterocycles. The molecule has 0 aliphatic rings. The summed E-state index contributed by atoms with van der Waals surface area (Å²) in [6.07, 6.45) is -3.81. The standard InChI is InChI=1S/C19H16Cl2F4N2O3/c1-3-29-16(15-13(22)5-4-6-14(15)23)26-18(28)27(2)11-7-9-12(10-8-11)30-19(24,25)17(20)21/h4-10,17H,3H2,1-2H3. The van der Waals surface area contributed by atoms with E-state index in [0.717, 1.165) is 35.2 Å². The van der Waals surface area contributed by atoms with Crippen molar-refractivity contribution in [2.75, 3.05) is 18.6 Å². The Hall–Kier alpha value is -2.52. The molecule has 0 atom stereocenters. The van der Waals surface area contributed by atoms with Gasteiger partial charge >= 0.3 is 12.1 Å². The van der Waals surface area contributed by atoms with E-state index in [1.807, 2.05) is 0 Å². The number of aliphatic imine (C=N–C) groups is 1. The van der Waals surface area contributed by atoms with E-state index >= 15 is 0 Å². The predicted octanol–water partition coefficient (Wildman–Crippen LogP) is 5.78. The molecule has 0 saturated carbocycles. The minimum atomic E-state index is -3.81. The number of amides is 2.